The molecule has 0 bridgehead atoms. The summed E-state index contributed by atoms with van der Waals surface area (Å²) in [6.45, 7) is 2.10. The molecule has 0 radical (unpaired) electrons. The zero-order chi connectivity index (χ0) is 13.2. The van der Waals surface area contributed by atoms with Gasteiger partial charge < -0.3 is 10.5 Å². The molecule has 0 aliphatic heterocycles. The Labute approximate surface area is 106 Å². The molecule has 0 aromatic heterocycles. The van der Waals surface area contributed by atoms with Crippen LogP contribution in [0.4, 0.5) is 4.39 Å². The summed E-state index contributed by atoms with van der Waals surface area (Å²) in [6, 6.07) is 6.33. The maximum Gasteiger partial charge on any atom is 0.318 e. The first kappa shape index (κ1) is 13.0. The number of ether oxygens (including phenoxy) is 1. The van der Waals surface area contributed by atoms with Crippen molar-refractivity contribution in [2.24, 2.45) is 11.7 Å². The van der Waals surface area contributed by atoms with E-state index in [2.05, 4.69) is 0 Å². The van der Waals surface area contributed by atoms with Crippen molar-refractivity contribution in [1.82, 2.24) is 0 Å². The fourth-order valence-corrected chi connectivity index (χ4v) is 2.52. The number of carbonyl (C=O) groups is 1. The number of esters is 1. The molecule has 3 nitrogen and oxygen atoms in total. The number of hydrogen-bond donors (Lipinski definition) is 1. The van der Waals surface area contributed by atoms with Gasteiger partial charge in [-0.25, -0.2) is 4.39 Å². The van der Waals surface area contributed by atoms with Crippen molar-refractivity contribution >= 4 is 5.97 Å². The summed E-state index contributed by atoms with van der Waals surface area (Å²) in [5, 5.41) is 0. The van der Waals surface area contributed by atoms with Gasteiger partial charge in [0.15, 0.2) is 0 Å². The molecule has 4 heteroatoms. The number of benzene rings is 1. The molecule has 1 fully saturated rings. The quantitative estimate of drug-likeness (QED) is 0.814. The van der Waals surface area contributed by atoms with Gasteiger partial charge in [0.05, 0.1) is 6.61 Å². The molecule has 1 aromatic carbocycles. The molecule has 98 valence electrons. The van der Waals surface area contributed by atoms with Gasteiger partial charge in [-0.15, -0.1) is 0 Å². The summed E-state index contributed by atoms with van der Waals surface area (Å²) in [5.74, 6) is -0.693. The summed E-state index contributed by atoms with van der Waals surface area (Å²) in [5.41, 5.74) is 5.17. The van der Waals surface area contributed by atoms with Crippen LogP contribution in [0, 0.1) is 11.7 Å². The van der Waals surface area contributed by atoms with Crippen LogP contribution >= 0.6 is 0 Å². The Morgan fingerprint density at radius 3 is 2.67 bits per heavy atom. The lowest BCUT2D eigenvalue weighted by atomic mass is 9.75. The van der Waals surface area contributed by atoms with Gasteiger partial charge in [-0.3, -0.25) is 4.79 Å². The van der Waals surface area contributed by atoms with Gasteiger partial charge in [-0.05, 0) is 31.7 Å². The second-order valence-electron chi connectivity index (χ2n) is 4.65. The van der Waals surface area contributed by atoms with Crippen molar-refractivity contribution in [2.45, 2.75) is 25.2 Å². The third kappa shape index (κ3) is 2.01. The fourth-order valence-electron chi connectivity index (χ4n) is 2.52. The Morgan fingerprint density at radius 2 is 2.17 bits per heavy atom. The highest BCUT2D eigenvalue weighted by Crippen LogP contribution is 2.48. The van der Waals surface area contributed by atoms with E-state index in [0.717, 1.165) is 12.8 Å². The Bertz CT molecular complexity index is 445. The summed E-state index contributed by atoms with van der Waals surface area (Å²) in [6.07, 6.45) is 1.79. The summed E-state index contributed by atoms with van der Waals surface area (Å²) in [4.78, 5) is 12.3. The van der Waals surface area contributed by atoms with Crippen LogP contribution in [0.5, 0.6) is 0 Å². The van der Waals surface area contributed by atoms with Gasteiger partial charge in [-0.2, -0.15) is 0 Å². The van der Waals surface area contributed by atoms with Crippen molar-refractivity contribution in [3.8, 4) is 0 Å². The monoisotopic (exact) mass is 251 g/mol. The van der Waals surface area contributed by atoms with Gasteiger partial charge in [0, 0.05) is 12.1 Å². The topological polar surface area (TPSA) is 52.3 Å². The zero-order valence-electron chi connectivity index (χ0n) is 10.5. The van der Waals surface area contributed by atoms with Crippen molar-refractivity contribution < 1.29 is 13.9 Å². The predicted molar refractivity (Wildman–Crippen MR) is 66.5 cm³/mol. The molecule has 1 saturated carbocycles. The standard InChI is InChI=1S/C14H18FNO2/c1-2-18-13(17)14(9-16,10-7-8-10)11-5-3-4-6-12(11)15/h3-6,10H,2,7-9,16H2,1H3. The van der Waals surface area contributed by atoms with Gasteiger partial charge in [0.1, 0.15) is 11.2 Å². The first-order valence-corrected chi connectivity index (χ1v) is 6.29. The number of halogens is 1. The van der Waals surface area contributed by atoms with Gasteiger partial charge in [0.2, 0.25) is 0 Å². The van der Waals surface area contributed by atoms with Crippen LogP contribution in [-0.2, 0) is 14.9 Å². The van der Waals surface area contributed by atoms with Crippen molar-refractivity contribution in [3.63, 3.8) is 0 Å². The molecule has 0 saturated heterocycles. The van der Waals surface area contributed by atoms with Crippen molar-refractivity contribution in [1.29, 1.82) is 0 Å². The van der Waals surface area contributed by atoms with Crippen LogP contribution in [0.15, 0.2) is 24.3 Å². The van der Waals surface area contributed by atoms with Crippen LogP contribution in [0.2, 0.25) is 0 Å². The van der Waals surface area contributed by atoms with Crippen molar-refractivity contribution in [3.05, 3.63) is 35.6 Å². The molecule has 1 unspecified atom stereocenters. The number of rotatable bonds is 5. The van der Waals surface area contributed by atoms with Crippen LogP contribution in [-0.4, -0.2) is 19.1 Å². The number of hydrogen-bond acceptors (Lipinski definition) is 3. The molecular weight excluding hydrogens is 233 g/mol. The third-order valence-electron chi connectivity index (χ3n) is 3.59. The Hall–Kier alpha value is -1.42. The van der Waals surface area contributed by atoms with E-state index in [9.17, 15) is 9.18 Å². The van der Waals surface area contributed by atoms with E-state index in [0.29, 0.717) is 5.56 Å². The van der Waals surface area contributed by atoms with E-state index in [1.807, 2.05) is 0 Å². The minimum atomic E-state index is -1.01. The Kier molecular flexibility index (Phi) is 3.66. The molecule has 18 heavy (non-hydrogen) atoms. The van der Waals surface area contributed by atoms with Gasteiger partial charge in [0.25, 0.3) is 0 Å². The average molecular weight is 251 g/mol. The lowest BCUT2D eigenvalue weighted by Crippen LogP contribution is -2.46. The molecule has 1 aliphatic carbocycles. The van der Waals surface area contributed by atoms with Crippen LogP contribution in [0.25, 0.3) is 0 Å². The minimum absolute atomic E-state index is 0.0808. The maximum absolute atomic E-state index is 14.0. The Balaban J connectivity index is 2.48. The first-order valence-electron chi connectivity index (χ1n) is 6.29. The normalized spacial score (nSPS) is 18.2. The second-order valence-corrected chi connectivity index (χ2v) is 4.65. The highest BCUT2D eigenvalue weighted by atomic mass is 19.1. The van der Waals surface area contributed by atoms with Crippen LogP contribution in [0.3, 0.4) is 0 Å². The SMILES string of the molecule is CCOC(=O)C(CN)(c1ccccc1F)C1CC1. The highest BCUT2D eigenvalue weighted by molar-refractivity contribution is 5.84. The summed E-state index contributed by atoms with van der Waals surface area (Å²) >= 11 is 0. The molecule has 1 aromatic rings. The largest absolute Gasteiger partial charge is 0.465 e. The number of nitrogens with two attached hydrogens (primary N) is 1. The second kappa shape index (κ2) is 5.06. The molecule has 0 heterocycles. The third-order valence-corrected chi connectivity index (χ3v) is 3.59. The smallest absolute Gasteiger partial charge is 0.318 e. The molecule has 2 rings (SSSR count). The first-order chi connectivity index (χ1) is 8.66. The summed E-state index contributed by atoms with van der Waals surface area (Å²) < 4.78 is 19.1. The predicted octanol–water partition coefficient (Wildman–Crippen LogP) is 2.00. The van der Waals surface area contributed by atoms with Crippen molar-refractivity contribution in [2.75, 3.05) is 13.2 Å². The fraction of sp³-hybridized carbons (Fsp3) is 0.500. The van der Waals surface area contributed by atoms with Crippen LogP contribution < -0.4 is 5.73 Å². The van der Waals surface area contributed by atoms with E-state index in [-0.39, 0.29) is 24.9 Å². The van der Waals surface area contributed by atoms with E-state index in [1.165, 1.54) is 6.07 Å². The average Bonchev–Trinajstić information content (AvgIpc) is 3.18. The molecule has 2 N–H and O–H groups in total. The molecule has 1 aliphatic rings. The lowest BCUT2D eigenvalue weighted by Gasteiger charge is -2.31. The minimum Gasteiger partial charge on any atom is -0.465 e. The van der Waals surface area contributed by atoms with E-state index in [4.69, 9.17) is 10.5 Å². The lowest BCUT2D eigenvalue weighted by molar-refractivity contribution is -0.151. The van der Waals surface area contributed by atoms with E-state index < -0.39 is 11.4 Å². The molecule has 0 amide bonds. The summed E-state index contributed by atoms with van der Waals surface area (Å²) in [7, 11) is 0. The van der Waals surface area contributed by atoms with Gasteiger partial charge in [-0.1, -0.05) is 18.2 Å². The zero-order valence-corrected chi connectivity index (χ0v) is 10.5. The molecular formula is C14H18FNO2. The van der Waals surface area contributed by atoms with E-state index in [1.54, 1.807) is 25.1 Å². The van der Waals surface area contributed by atoms with Crippen LogP contribution in [0.1, 0.15) is 25.3 Å². The number of carbonyl (C=O) groups excluding carboxylic acids is 1. The molecule has 0 spiro atoms. The van der Waals surface area contributed by atoms with Gasteiger partial charge >= 0.3 is 5.97 Å². The van der Waals surface area contributed by atoms with E-state index >= 15 is 0 Å². The maximum atomic E-state index is 14.0. The Morgan fingerprint density at radius 1 is 1.50 bits per heavy atom. The highest BCUT2D eigenvalue weighted by Gasteiger charge is 2.53. The molecule has 1 atom stereocenters.